The van der Waals surface area contributed by atoms with E-state index < -0.39 is 0 Å². The van der Waals surface area contributed by atoms with Crippen molar-refractivity contribution >= 4 is 0 Å². The lowest BCUT2D eigenvalue weighted by atomic mass is 10.1. The molecule has 0 saturated heterocycles. The summed E-state index contributed by atoms with van der Waals surface area (Å²) in [6.07, 6.45) is 3.90. The van der Waals surface area contributed by atoms with Crippen LogP contribution < -0.4 is 10.1 Å². The van der Waals surface area contributed by atoms with Crippen LogP contribution in [0.25, 0.3) is 0 Å². The van der Waals surface area contributed by atoms with Gasteiger partial charge >= 0.3 is 0 Å². The zero-order chi connectivity index (χ0) is 14.4. The van der Waals surface area contributed by atoms with Gasteiger partial charge in [-0.25, -0.2) is 0 Å². The quantitative estimate of drug-likeness (QED) is 0.740. The molecule has 2 rings (SSSR count). The molecule has 0 spiro atoms. The van der Waals surface area contributed by atoms with E-state index in [1.165, 1.54) is 0 Å². The highest BCUT2D eigenvalue weighted by Crippen LogP contribution is 2.48. The molecule has 0 aliphatic heterocycles. The zero-order valence-electron chi connectivity index (χ0n) is 12.4. The van der Waals surface area contributed by atoms with E-state index in [1.807, 2.05) is 19.1 Å². The van der Waals surface area contributed by atoms with Gasteiger partial charge in [0.25, 0.3) is 0 Å². The van der Waals surface area contributed by atoms with Crippen molar-refractivity contribution in [3.63, 3.8) is 0 Å². The Labute approximate surface area is 121 Å². The molecule has 1 saturated carbocycles. The Bertz CT molecular complexity index is 489. The number of nitriles is 1. The average Bonchev–Trinajstić information content (AvgIpc) is 3.19. The van der Waals surface area contributed by atoms with Gasteiger partial charge in [-0.05, 0) is 44.9 Å². The summed E-state index contributed by atoms with van der Waals surface area (Å²) in [5.74, 6) is 0.850. The molecule has 0 radical (unpaired) electrons. The molecule has 1 aromatic heterocycles. The minimum Gasteiger partial charge on any atom is -0.491 e. The van der Waals surface area contributed by atoms with Crippen LogP contribution in [0.3, 0.4) is 0 Å². The molecule has 0 unspecified atom stereocenters. The first-order valence-corrected chi connectivity index (χ1v) is 7.36. The van der Waals surface area contributed by atoms with Gasteiger partial charge in [-0.15, -0.1) is 0 Å². The third-order valence-electron chi connectivity index (χ3n) is 3.74. The summed E-state index contributed by atoms with van der Waals surface area (Å²) in [5, 5.41) is 12.2. The fourth-order valence-electron chi connectivity index (χ4n) is 2.19. The van der Waals surface area contributed by atoms with Crippen LogP contribution in [0.4, 0.5) is 0 Å². The van der Waals surface area contributed by atoms with Crippen molar-refractivity contribution in [1.82, 2.24) is 10.3 Å². The summed E-state index contributed by atoms with van der Waals surface area (Å²) in [7, 11) is 0. The maximum atomic E-state index is 8.85. The molecule has 1 aromatic rings. The van der Waals surface area contributed by atoms with Crippen molar-refractivity contribution < 1.29 is 4.74 Å². The third-order valence-corrected chi connectivity index (χ3v) is 3.74. The smallest absolute Gasteiger partial charge is 0.142 e. The number of nitrogens with zero attached hydrogens (tertiary/aromatic N) is 2. The van der Waals surface area contributed by atoms with E-state index in [0.29, 0.717) is 13.0 Å². The Morgan fingerprint density at radius 1 is 1.45 bits per heavy atom. The van der Waals surface area contributed by atoms with Gasteiger partial charge in [-0.2, -0.15) is 5.26 Å². The van der Waals surface area contributed by atoms with Gasteiger partial charge in [0.15, 0.2) is 0 Å². The Hall–Kier alpha value is -1.60. The molecule has 1 aliphatic carbocycles. The molecule has 4 heteroatoms. The first kappa shape index (κ1) is 14.8. The molecule has 0 atom stereocenters. The molecular formula is C16H23N3O. The van der Waals surface area contributed by atoms with Crippen LogP contribution in [0.2, 0.25) is 0 Å². The minimum absolute atomic E-state index is 0.105. The van der Waals surface area contributed by atoms with Crippen molar-refractivity contribution in [2.75, 3.05) is 13.2 Å². The SMILES string of the molecule is CCCNCc1nc(C)ccc1OCC1(CC#N)CC1. The molecule has 1 fully saturated rings. The lowest BCUT2D eigenvalue weighted by Crippen LogP contribution is -2.18. The summed E-state index contributed by atoms with van der Waals surface area (Å²) >= 11 is 0. The fourth-order valence-corrected chi connectivity index (χ4v) is 2.19. The zero-order valence-corrected chi connectivity index (χ0v) is 12.4. The van der Waals surface area contributed by atoms with Crippen LogP contribution in [-0.4, -0.2) is 18.1 Å². The topological polar surface area (TPSA) is 57.9 Å². The van der Waals surface area contributed by atoms with Gasteiger partial charge in [0.05, 0.1) is 18.4 Å². The number of rotatable bonds is 8. The first-order chi connectivity index (χ1) is 9.69. The molecule has 1 aliphatic rings. The largest absolute Gasteiger partial charge is 0.491 e. The van der Waals surface area contributed by atoms with Crippen LogP contribution in [-0.2, 0) is 6.54 Å². The molecule has 1 N–H and O–H groups in total. The lowest BCUT2D eigenvalue weighted by Gasteiger charge is -2.16. The lowest BCUT2D eigenvalue weighted by molar-refractivity contribution is 0.233. The van der Waals surface area contributed by atoms with Crippen LogP contribution in [0.1, 0.15) is 44.0 Å². The molecule has 108 valence electrons. The molecule has 0 bridgehead atoms. The summed E-state index contributed by atoms with van der Waals surface area (Å²) in [5.41, 5.74) is 2.07. The predicted molar refractivity (Wildman–Crippen MR) is 78.4 cm³/mol. The minimum atomic E-state index is 0.105. The van der Waals surface area contributed by atoms with E-state index in [4.69, 9.17) is 10.00 Å². The van der Waals surface area contributed by atoms with Crippen molar-refractivity contribution in [3.8, 4) is 11.8 Å². The summed E-state index contributed by atoms with van der Waals surface area (Å²) < 4.78 is 5.95. The van der Waals surface area contributed by atoms with Gasteiger partial charge in [0.1, 0.15) is 5.75 Å². The Morgan fingerprint density at radius 2 is 2.25 bits per heavy atom. The second-order valence-electron chi connectivity index (χ2n) is 5.70. The number of pyridine rings is 1. The maximum Gasteiger partial charge on any atom is 0.142 e. The number of aromatic nitrogens is 1. The number of ether oxygens (including phenoxy) is 1. The Balaban J connectivity index is 1.97. The van der Waals surface area contributed by atoms with Crippen molar-refractivity contribution in [2.24, 2.45) is 5.41 Å². The van der Waals surface area contributed by atoms with Crippen LogP contribution in [0.15, 0.2) is 12.1 Å². The van der Waals surface area contributed by atoms with Gasteiger partial charge in [-0.1, -0.05) is 6.92 Å². The highest BCUT2D eigenvalue weighted by atomic mass is 16.5. The number of hydrogen-bond donors (Lipinski definition) is 1. The molecular weight excluding hydrogens is 250 g/mol. The van der Waals surface area contributed by atoms with E-state index in [0.717, 1.165) is 49.5 Å². The number of hydrogen-bond acceptors (Lipinski definition) is 4. The molecule has 20 heavy (non-hydrogen) atoms. The van der Waals surface area contributed by atoms with E-state index >= 15 is 0 Å². The van der Waals surface area contributed by atoms with Crippen molar-refractivity contribution in [2.45, 2.75) is 46.1 Å². The normalized spacial score (nSPS) is 15.7. The summed E-state index contributed by atoms with van der Waals surface area (Å²) in [6, 6.07) is 6.23. The maximum absolute atomic E-state index is 8.85. The monoisotopic (exact) mass is 273 g/mol. The Morgan fingerprint density at radius 3 is 2.90 bits per heavy atom. The van der Waals surface area contributed by atoms with E-state index in [9.17, 15) is 0 Å². The standard InChI is InChI=1S/C16H23N3O/c1-3-10-18-11-14-15(5-4-13(2)19-14)20-12-16(6-7-16)8-9-17/h4-5,18H,3,6-8,10-12H2,1-2H3. The van der Waals surface area contributed by atoms with Crippen molar-refractivity contribution in [1.29, 1.82) is 5.26 Å². The second kappa shape index (κ2) is 6.71. The van der Waals surface area contributed by atoms with Gasteiger partial charge < -0.3 is 10.1 Å². The van der Waals surface area contributed by atoms with Gasteiger partial charge in [0.2, 0.25) is 0 Å². The average molecular weight is 273 g/mol. The number of nitrogens with one attached hydrogen (secondary N) is 1. The second-order valence-corrected chi connectivity index (χ2v) is 5.70. The fraction of sp³-hybridized carbons (Fsp3) is 0.625. The molecule has 1 heterocycles. The third kappa shape index (κ3) is 3.94. The van der Waals surface area contributed by atoms with Crippen LogP contribution >= 0.6 is 0 Å². The first-order valence-electron chi connectivity index (χ1n) is 7.36. The van der Waals surface area contributed by atoms with Gasteiger partial charge in [-0.3, -0.25) is 4.98 Å². The highest BCUT2D eigenvalue weighted by molar-refractivity contribution is 5.29. The highest BCUT2D eigenvalue weighted by Gasteiger charge is 2.43. The number of aryl methyl sites for hydroxylation is 1. The molecule has 4 nitrogen and oxygen atoms in total. The summed E-state index contributed by atoms with van der Waals surface area (Å²) in [6.45, 7) is 6.48. The molecule has 0 aromatic carbocycles. The Kier molecular flexibility index (Phi) is 4.97. The van der Waals surface area contributed by atoms with E-state index in [1.54, 1.807) is 0 Å². The van der Waals surface area contributed by atoms with Crippen LogP contribution in [0.5, 0.6) is 5.75 Å². The van der Waals surface area contributed by atoms with Crippen LogP contribution in [0, 0.1) is 23.7 Å². The predicted octanol–water partition coefficient (Wildman–Crippen LogP) is 2.96. The van der Waals surface area contributed by atoms with E-state index in [2.05, 4.69) is 23.3 Å². The summed E-state index contributed by atoms with van der Waals surface area (Å²) in [4.78, 5) is 4.56. The van der Waals surface area contributed by atoms with Gasteiger partial charge in [0, 0.05) is 24.1 Å². The van der Waals surface area contributed by atoms with E-state index in [-0.39, 0.29) is 5.41 Å². The van der Waals surface area contributed by atoms with Crippen molar-refractivity contribution in [3.05, 3.63) is 23.5 Å². The molecule has 0 amide bonds.